The van der Waals surface area contributed by atoms with Crippen LogP contribution in [-0.4, -0.2) is 72.1 Å². The van der Waals surface area contributed by atoms with Gasteiger partial charge < -0.3 is 14.2 Å². The molecule has 1 saturated heterocycles. The van der Waals surface area contributed by atoms with Gasteiger partial charge in [0.05, 0.1) is 11.6 Å². The number of alkyl halides is 6. The topological polar surface area (TPSA) is 54.6 Å². The molecule has 0 amide bonds. The van der Waals surface area contributed by atoms with Gasteiger partial charge in [0.1, 0.15) is 6.61 Å². The lowest BCUT2D eigenvalue weighted by Crippen LogP contribution is -2.47. The van der Waals surface area contributed by atoms with Crippen LogP contribution in [0, 0.1) is 0 Å². The second-order valence-corrected chi connectivity index (χ2v) is 7.61. The van der Waals surface area contributed by atoms with Crippen molar-refractivity contribution >= 4 is 0 Å². The zero-order valence-corrected chi connectivity index (χ0v) is 17.4. The maximum absolute atomic E-state index is 12.9. The van der Waals surface area contributed by atoms with Gasteiger partial charge in [-0.2, -0.15) is 31.3 Å². The van der Waals surface area contributed by atoms with Crippen LogP contribution in [0.2, 0.25) is 0 Å². The summed E-state index contributed by atoms with van der Waals surface area (Å²) in [6.07, 6.45) is -8.26. The monoisotopic (exact) mass is 466 g/mol. The molecule has 0 aliphatic carbocycles. The first-order valence-corrected chi connectivity index (χ1v) is 10.1. The molecular weight excluding hydrogens is 442 g/mol. The maximum Gasteiger partial charge on any atom is 0.416 e. The molecule has 1 aliphatic rings. The molecule has 0 spiro atoms. The molecule has 1 aromatic heterocycles. The lowest BCUT2D eigenvalue weighted by atomic mass is 10.1. The van der Waals surface area contributed by atoms with Gasteiger partial charge in [-0.05, 0) is 25.5 Å². The van der Waals surface area contributed by atoms with Gasteiger partial charge in [-0.3, -0.25) is 4.90 Å². The maximum atomic E-state index is 12.9. The van der Waals surface area contributed by atoms with Crippen LogP contribution in [0.3, 0.4) is 0 Å². The van der Waals surface area contributed by atoms with Gasteiger partial charge >= 0.3 is 12.4 Å². The van der Waals surface area contributed by atoms with Gasteiger partial charge in [0, 0.05) is 44.9 Å². The molecule has 1 atom stereocenters. The first kappa shape index (κ1) is 24.5. The number of nitrogens with zero attached hydrogens (tertiary/aromatic N) is 4. The zero-order valence-electron chi connectivity index (χ0n) is 17.4. The normalized spacial score (nSPS) is 17.6. The fraction of sp³-hybridized carbons (Fsp3) is 0.600. The molecule has 1 aliphatic heterocycles. The molecule has 0 radical (unpaired) electrons. The van der Waals surface area contributed by atoms with E-state index >= 15 is 0 Å². The van der Waals surface area contributed by atoms with Crippen LogP contribution in [0.15, 0.2) is 28.8 Å². The number of hydrogen-bond acceptors (Lipinski definition) is 6. The zero-order chi connectivity index (χ0) is 23.4. The van der Waals surface area contributed by atoms with Crippen LogP contribution in [0.25, 0.3) is 11.4 Å². The average molecular weight is 466 g/mol. The Labute approximate surface area is 181 Å². The van der Waals surface area contributed by atoms with Crippen LogP contribution < -0.4 is 0 Å². The summed E-state index contributed by atoms with van der Waals surface area (Å²) in [6, 6.07) is 4.53. The predicted molar refractivity (Wildman–Crippen MR) is 103 cm³/mol. The fourth-order valence-electron chi connectivity index (χ4n) is 3.47. The molecule has 1 fully saturated rings. The van der Waals surface area contributed by atoms with E-state index in [9.17, 15) is 26.3 Å². The van der Waals surface area contributed by atoms with Gasteiger partial charge in [0.15, 0.2) is 0 Å². The van der Waals surface area contributed by atoms with E-state index in [1.807, 2.05) is 6.92 Å². The Balaban J connectivity index is 1.48. The van der Waals surface area contributed by atoms with Crippen molar-refractivity contribution in [2.45, 2.75) is 31.7 Å². The highest BCUT2D eigenvalue weighted by Gasteiger charge is 2.31. The molecule has 6 nitrogen and oxygen atoms in total. The summed E-state index contributed by atoms with van der Waals surface area (Å²) in [4.78, 5) is 8.53. The molecule has 32 heavy (non-hydrogen) atoms. The smallest absolute Gasteiger partial charge is 0.372 e. The molecule has 1 aromatic carbocycles. The van der Waals surface area contributed by atoms with Gasteiger partial charge in [-0.15, -0.1) is 0 Å². The summed E-state index contributed by atoms with van der Waals surface area (Å²) in [6.45, 7) is 4.15. The predicted octanol–water partition coefficient (Wildman–Crippen LogP) is 4.40. The van der Waals surface area contributed by atoms with Gasteiger partial charge in [0.2, 0.25) is 11.7 Å². The third-order valence-electron chi connectivity index (χ3n) is 5.23. The number of ether oxygens (including phenoxy) is 1. The van der Waals surface area contributed by atoms with Gasteiger partial charge in [-0.1, -0.05) is 17.3 Å². The van der Waals surface area contributed by atoms with Crippen molar-refractivity contribution in [3.05, 3.63) is 35.7 Å². The van der Waals surface area contributed by atoms with Gasteiger partial charge in [-0.25, -0.2) is 0 Å². The number of aromatic nitrogens is 2. The Morgan fingerprint density at radius 1 is 1.09 bits per heavy atom. The summed E-state index contributed by atoms with van der Waals surface area (Å²) in [5.74, 6) is 0.404. The Morgan fingerprint density at radius 2 is 1.81 bits per heavy atom. The minimum atomic E-state index is -4.46. The minimum absolute atomic E-state index is 0.0520. The van der Waals surface area contributed by atoms with Crippen LogP contribution >= 0.6 is 0 Å². The number of hydrogen-bond donors (Lipinski definition) is 0. The second-order valence-electron chi connectivity index (χ2n) is 7.61. The first-order valence-electron chi connectivity index (χ1n) is 10.1. The second kappa shape index (κ2) is 10.2. The van der Waals surface area contributed by atoms with Crippen LogP contribution in [0.4, 0.5) is 26.3 Å². The van der Waals surface area contributed by atoms with Crippen LogP contribution in [-0.2, 0) is 10.9 Å². The van der Waals surface area contributed by atoms with Crippen LogP contribution in [0.5, 0.6) is 0 Å². The fourth-order valence-corrected chi connectivity index (χ4v) is 3.47. The van der Waals surface area contributed by atoms with Crippen molar-refractivity contribution < 1.29 is 35.6 Å². The van der Waals surface area contributed by atoms with Crippen molar-refractivity contribution in [2.24, 2.45) is 0 Å². The lowest BCUT2D eigenvalue weighted by Gasteiger charge is -2.36. The average Bonchev–Trinajstić information content (AvgIpc) is 3.22. The number of benzene rings is 1. The van der Waals surface area contributed by atoms with E-state index in [1.165, 1.54) is 12.1 Å². The lowest BCUT2D eigenvalue weighted by molar-refractivity contribution is -0.174. The Morgan fingerprint density at radius 3 is 2.47 bits per heavy atom. The molecule has 1 unspecified atom stereocenters. The Bertz CT molecular complexity index is 862. The molecular formula is C20H24F6N4O2. The highest BCUT2D eigenvalue weighted by atomic mass is 19.4. The number of piperazine rings is 1. The summed E-state index contributed by atoms with van der Waals surface area (Å²) in [5, 5.41) is 3.83. The van der Waals surface area contributed by atoms with Crippen molar-refractivity contribution in [3.63, 3.8) is 0 Å². The van der Waals surface area contributed by atoms with E-state index in [0.717, 1.165) is 25.2 Å². The van der Waals surface area contributed by atoms with Crippen molar-refractivity contribution in [1.29, 1.82) is 0 Å². The third-order valence-corrected chi connectivity index (χ3v) is 5.23. The number of rotatable bonds is 8. The summed E-state index contributed by atoms with van der Waals surface area (Å²) in [7, 11) is 0. The number of halogens is 6. The molecule has 0 N–H and O–H groups in total. The molecule has 3 rings (SSSR count). The standard InChI is InChI=1S/C20H24F6N4O2/c1-14(30-9-7-29(8-10-30)6-3-11-31-13-19(21,22)23)18-27-17(28-32-18)15-4-2-5-16(12-15)20(24,25)26/h2,4-5,12,14H,3,6-11,13H2,1H3. The summed E-state index contributed by atoms with van der Waals surface area (Å²) >= 11 is 0. The quantitative estimate of drug-likeness (QED) is 0.425. The van der Waals surface area contributed by atoms with E-state index in [2.05, 4.69) is 24.7 Å². The van der Waals surface area contributed by atoms with E-state index in [1.54, 1.807) is 0 Å². The molecule has 2 heterocycles. The van der Waals surface area contributed by atoms with Crippen LogP contribution in [0.1, 0.15) is 30.8 Å². The van der Waals surface area contributed by atoms with E-state index in [0.29, 0.717) is 31.9 Å². The highest BCUT2D eigenvalue weighted by molar-refractivity contribution is 5.55. The largest absolute Gasteiger partial charge is 0.416 e. The molecule has 0 saturated carbocycles. The summed E-state index contributed by atoms with van der Waals surface area (Å²) < 4.78 is 84.9. The molecule has 178 valence electrons. The van der Waals surface area contributed by atoms with E-state index < -0.39 is 24.5 Å². The van der Waals surface area contributed by atoms with Crippen molar-refractivity contribution in [3.8, 4) is 11.4 Å². The van der Waals surface area contributed by atoms with E-state index in [-0.39, 0.29) is 24.0 Å². The summed E-state index contributed by atoms with van der Waals surface area (Å²) in [5.41, 5.74) is -0.561. The molecule has 2 aromatic rings. The van der Waals surface area contributed by atoms with Gasteiger partial charge in [0.25, 0.3) is 0 Å². The molecule has 12 heteroatoms. The van der Waals surface area contributed by atoms with E-state index in [4.69, 9.17) is 4.52 Å². The third kappa shape index (κ3) is 6.91. The van der Waals surface area contributed by atoms with Crippen molar-refractivity contribution in [2.75, 3.05) is 45.9 Å². The Hall–Kier alpha value is -2.18. The first-order chi connectivity index (χ1) is 15.0. The Kier molecular flexibility index (Phi) is 7.78. The SMILES string of the molecule is CC(c1nc(-c2cccc(C(F)(F)F)c2)no1)N1CCN(CCCOCC(F)(F)F)CC1. The molecule has 0 bridgehead atoms. The highest BCUT2D eigenvalue weighted by Crippen LogP contribution is 2.32. The van der Waals surface area contributed by atoms with Crippen molar-refractivity contribution in [1.82, 2.24) is 19.9 Å². The minimum Gasteiger partial charge on any atom is -0.372 e.